The van der Waals surface area contributed by atoms with Crippen molar-refractivity contribution in [3.8, 4) is 0 Å². The molecule has 0 aliphatic carbocycles. The molecule has 116 valence electrons. The molecule has 1 aromatic heterocycles. The lowest BCUT2D eigenvalue weighted by Gasteiger charge is -2.17. The van der Waals surface area contributed by atoms with E-state index in [2.05, 4.69) is 14.9 Å². The van der Waals surface area contributed by atoms with Crippen LogP contribution < -0.4 is 0 Å². The fourth-order valence-corrected chi connectivity index (χ4v) is 3.03. The van der Waals surface area contributed by atoms with Crippen LogP contribution in [-0.2, 0) is 13.0 Å². The minimum atomic E-state index is -0.379. The van der Waals surface area contributed by atoms with Gasteiger partial charge < -0.3 is 5.11 Å². The summed E-state index contributed by atoms with van der Waals surface area (Å²) in [4.78, 5) is 10.5. The van der Waals surface area contributed by atoms with Crippen LogP contribution in [0.25, 0.3) is 0 Å². The molecule has 2 heterocycles. The van der Waals surface area contributed by atoms with E-state index >= 15 is 0 Å². The summed E-state index contributed by atoms with van der Waals surface area (Å²) < 4.78 is 13.4. The van der Waals surface area contributed by atoms with E-state index in [9.17, 15) is 9.50 Å². The SMILES string of the molecule is Cc1ccc(F)cc1CN1C[C@@H](Cc2cnccn2)[C@H](O)C1. The summed E-state index contributed by atoms with van der Waals surface area (Å²) in [5.41, 5.74) is 2.95. The maximum absolute atomic E-state index is 13.4. The van der Waals surface area contributed by atoms with Gasteiger partial charge in [-0.1, -0.05) is 6.07 Å². The van der Waals surface area contributed by atoms with Gasteiger partial charge in [0.2, 0.25) is 0 Å². The molecule has 0 spiro atoms. The first-order valence-electron chi connectivity index (χ1n) is 7.52. The van der Waals surface area contributed by atoms with Crippen LogP contribution in [0.3, 0.4) is 0 Å². The Hall–Kier alpha value is -1.85. The number of β-amino-alcohol motifs (C(OH)–C–C–N with tert-alkyl or cyclic N) is 1. The Morgan fingerprint density at radius 2 is 2.18 bits per heavy atom. The van der Waals surface area contributed by atoms with Gasteiger partial charge in [-0.25, -0.2) is 4.39 Å². The molecule has 1 saturated heterocycles. The van der Waals surface area contributed by atoms with Crippen LogP contribution in [0.15, 0.2) is 36.8 Å². The summed E-state index contributed by atoms with van der Waals surface area (Å²) in [5.74, 6) is -0.0676. The van der Waals surface area contributed by atoms with E-state index in [-0.39, 0.29) is 17.8 Å². The molecular formula is C17H20FN3O. The van der Waals surface area contributed by atoms with Gasteiger partial charge in [0, 0.05) is 44.1 Å². The zero-order valence-electron chi connectivity index (χ0n) is 12.6. The van der Waals surface area contributed by atoms with Crippen molar-refractivity contribution in [1.29, 1.82) is 0 Å². The van der Waals surface area contributed by atoms with Crippen molar-refractivity contribution in [2.75, 3.05) is 13.1 Å². The quantitative estimate of drug-likeness (QED) is 0.938. The molecule has 1 aromatic carbocycles. The first-order valence-corrected chi connectivity index (χ1v) is 7.52. The van der Waals surface area contributed by atoms with E-state index in [1.165, 1.54) is 6.07 Å². The van der Waals surface area contributed by atoms with Gasteiger partial charge in [-0.3, -0.25) is 14.9 Å². The molecule has 1 N–H and O–H groups in total. The molecule has 2 aromatic rings. The van der Waals surface area contributed by atoms with E-state index in [1.54, 1.807) is 30.7 Å². The predicted octanol–water partition coefficient (Wildman–Crippen LogP) is 1.96. The lowest BCUT2D eigenvalue weighted by molar-refractivity contribution is 0.140. The van der Waals surface area contributed by atoms with E-state index < -0.39 is 0 Å². The number of rotatable bonds is 4. The second kappa shape index (κ2) is 6.50. The third-order valence-corrected chi connectivity index (χ3v) is 4.28. The zero-order chi connectivity index (χ0) is 15.5. The van der Waals surface area contributed by atoms with Crippen molar-refractivity contribution in [1.82, 2.24) is 14.9 Å². The third-order valence-electron chi connectivity index (χ3n) is 4.28. The summed E-state index contributed by atoms with van der Waals surface area (Å²) >= 11 is 0. The monoisotopic (exact) mass is 301 g/mol. The molecule has 22 heavy (non-hydrogen) atoms. The van der Waals surface area contributed by atoms with Crippen molar-refractivity contribution in [3.05, 3.63) is 59.4 Å². The molecule has 2 atom stereocenters. The number of aliphatic hydroxyl groups excluding tert-OH is 1. The van der Waals surface area contributed by atoms with Crippen molar-refractivity contribution in [3.63, 3.8) is 0 Å². The predicted molar refractivity (Wildman–Crippen MR) is 81.6 cm³/mol. The van der Waals surface area contributed by atoms with Crippen LogP contribution in [0.5, 0.6) is 0 Å². The normalized spacial score (nSPS) is 22.1. The van der Waals surface area contributed by atoms with Crippen molar-refractivity contribution >= 4 is 0 Å². The highest BCUT2D eigenvalue weighted by Gasteiger charge is 2.31. The first kappa shape index (κ1) is 15.1. The van der Waals surface area contributed by atoms with Gasteiger partial charge in [-0.2, -0.15) is 0 Å². The molecule has 0 radical (unpaired) electrons. The van der Waals surface area contributed by atoms with Crippen molar-refractivity contribution in [2.45, 2.75) is 26.0 Å². The molecule has 0 unspecified atom stereocenters. The summed E-state index contributed by atoms with van der Waals surface area (Å²) in [7, 11) is 0. The molecule has 1 aliphatic heterocycles. The number of hydrogen-bond acceptors (Lipinski definition) is 4. The average molecular weight is 301 g/mol. The van der Waals surface area contributed by atoms with Crippen molar-refractivity contribution in [2.24, 2.45) is 5.92 Å². The fraction of sp³-hybridized carbons (Fsp3) is 0.412. The highest BCUT2D eigenvalue weighted by Crippen LogP contribution is 2.23. The molecule has 1 fully saturated rings. The van der Waals surface area contributed by atoms with E-state index in [0.29, 0.717) is 19.5 Å². The molecule has 1 aliphatic rings. The van der Waals surface area contributed by atoms with Crippen LogP contribution in [0, 0.1) is 18.7 Å². The van der Waals surface area contributed by atoms with Gasteiger partial charge in [-0.15, -0.1) is 0 Å². The van der Waals surface area contributed by atoms with Crippen LogP contribution >= 0.6 is 0 Å². The molecular weight excluding hydrogens is 281 g/mol. The van der Waals surface area contributed by atoms with Crippen LogP contribution in [0.1, 0.15) is 16.8 Å². The van der Waals surface area contributed by atoms with E-state index in [1.807, 2.05) is 6.92 Å². The molecule has 0 amide bonds. The number of hydrogen-bond donors (Lipinski definition) is 1. The van der Waals surface area contributed by atoms with Gasteiger partial charge in [0.1, 0.15) is 5.82 Å². The van der Waals surface area contributed by atoms with Crippen LogP contribution in [0.2, 0.25) is 0 Å². The maximum Gasteiger partial charge on any atom is 0.123 e. The molecule has 0 bridgehead atoms. The number of aliphatic hydroxyl groups is 1. The second-order valence-electron chi connectivity index (χ2n) is 5.99. The smallest absolute Gasteiger partial charge is 0.123 e. The minimum Gasteiger partial charge on any atom is -0.391 e. The van der Waals surface area contributed by atoms with Crippen LogP contribution in [0.4, 0.5) is 4.39 Å². The Kier molecular flexibility index (Phi) is 4.45. The number of aryl methyl sites for hydroxylation is 1. The summed E-state index contributed by atoms with van der Waals surface area (Å²) in [6, 6.07) is 4.86. The highest BCUT2D eigenvalue weighted by molar-refractivity contribution is 5.26. The molecule has 0 saturated carbocycles. The topological polar surface area (TPSA) is 49.2 Å². The first-order chi connectivity index (χ1) is 10.6. The average Bonchev–Trinajstić information content (AvgIpc) is 2.84. The number of nitrogens with zero attached hydrogens (tertiary/aromatic N) is 3. The van der Waals surface area contributed by atoms with E-state index in [0.717, 1.165) is 23.4 Å². The summed E-state index contributed by atoms with van der Waals surface area (Å²) in [5, 5.41) is 10.3. The Labute approximate surface area is 129 Å². The number of benzene rings is 1. The van der Waals surface area contributed by atoms with Gasteiger partial charge in [0.15, 0.2) is 0 Å². The Morgan fingerprint density at radius 1 is 1.32 bits per heavy atom. The summed E-state index contributed by atoms with van der Waals surface area (Å²) in [6.45, 7) is 4.05. The number of halogens is 1. The number of aromatic nitrogens is 2. The lowest BCUT2D eigenvalue weighted by atomic mass is 10.0. The standard InChI is InChI=1S/C17H20FN3O/c1-12-2-3-15(18)6-13(12)9-21-10-14(17(22)11-21)7-16-8-19-4-5-20-16/h2-6,8,14,17,22H,7,9-11H2,1H3/t14-,17-/m1/s1. The zero-order valence-corrected chi connectivity index (χ0v) is 12.6. The van der Waals surface area contributed by atoms with E-state index in [4.69, 9.17) is 0 Å². The highest BCUT2D eigenvalue weighted by atomic mass is 19.1. The van der Waals surface area contributed by atoms with Gasteiger partial charge in [0.05, 0.1) is 11.8 Å². The van der Waals surface area contributed by atoms with Crippen molar-refractivity contribution < 1.29 is 9.50 Å². The Morgan fingerprint density at radius 3 is 2.95 bits per heavy atom. The molecule has 3 rings (SSSR count). The van der Waals surface area contributed by atoms with Gasteiger partial charge in [-0.05, 0) is 36.6 Å². The van der Waals surface area contributed by atoms with Gasteiger partial charge in [0.25, 0.3) is 0 Å². The lowest BCUT2D eigenvalue weighted by Crippen LogP contribution is -2.22. The third kappa shape index (κ3) is 3.48. The maximum atomic E-state index is 13.4. The Bertz CT molecular complexity index is 635. The van der Waals surface area contributed by atoms with Gasteiger partial charge >= 0.3 is 0 Å². The molecule has 4 nitrogen and oxygen atoms in total. The summed E-state index contributed by atoms with van der Waals surface area (Å²) in [6.07, 6.45) is 5.40. The second-order valence-corrected chi connectivity index (χ2v) is 5.99. The number of likely N-dealkylation sites (tertiary alicyclic amines) is 1. The van der Waals surface area contributed by atoms with Crippen LogP contribution in [-0.4, -0.2) is 39.2 Å². The largest absolute Gasteiger partial charge is 0.391 e. The molecule has 5 heteroatoms. The minimum absolute atomic E-state index is 0.144. The Balaban J connectivity index is 1.64. The fourth-order valence-electron chi connectivity index (χ4n) is 3.03.